The molecular weight excluding hydrogens is 770 g/mol. The van der Waals surface area contributed by atoms with Crippen LogP contribution in [-0.2, 0) is 57.1 Å². The highest BCUT2D eigenvalue weighted by Gasteiger charge is 2.52. The Bertz CT molecular complexity index is 1390. The second kappa shape index (κ2) is 21.7. The molecule has 0 aromatic carbocycles. The van der Waals surface area contributed by atoms with Crippen molar-refractivity contribution in [2.45, 2.75) is 193 Å². The van der Waals surface area contributed by atoms with Crippen LogP contribution in [0, 0.1) is 29.6 Å². The average Bonchev–Trinajstić information content (AvgIpc) is 3.17. The molecule has 0 aliphatic carbocycles. The summed E-state index contributed by atoms with van der Waals surface area (Å²) < 4.78 is 49.0. The summed E-state index contributed by atoms with van der Waals surface area (Å²) in [5.74, 6) is -6.24. The number of esters is 3. The van der Waals surface area contributed by atoms with Gasteiger partial charge in [0.1, 0.15) is 18.0 Å². The molecule has 0 radical (unpaired) electrons. The molecule has 0 aromatic heterocycles. The number of carbonyl (C=O) groups is 4. The largest absolute Gasteiger partial charge is 0.466 e. The second-order valence-corrected chi connectivity index (χ2v) is 17.9. The van der Waals surface area contributed by atoms with E-state index >= 15 is 0 Å². The number of ketones is 1. The van der Waals surface area contributed by atoms with E-state index in [0.717, 1.165) is 0 Å². The maximum absolute atomic E-state index is 14.2. The van der Waals surface area contributed by atoms with E-state index in [9.17, 15) is 34.5 Å². The number of methoxy groups -OCH3 is 1. The van der Waals surface area contributed by atoms with Gasteiger partial charge < -0.3 is 58.1 Å². The van der Waals surface area contributed by atoms with Gasteiger partial charge in [-0.25, -0.2) is 0 Å². The van der Waals surface area contributed by atoms with E-state index in [-0.39, 0.29) is 50.5 Å². The standard InChI is InChI=1S/C43H75NO15/c1-15-30-23(4)36(48)24(5)35(47)22(3)20-42(10,51)39(25(6)37(26(7)40(50)57-30)58-34-21-43(11,52-14)38(49)28(9)54-34)59-41-31(19-29(44(12)13)27(8)55-41)56-33(46)18-17-32(45)53-16-2/h22-31,34,36-39,41,48-49,51H,15-21H2,1-14H3/t22-,23+,24+,25+,26-,27+,28-,29+,30-,31+,34+,36+,37+,38-,39-,41+,42-,43+/m1/s1. The Kier molecular flexibility index (Phi) is 18.8. The summed E-state index contributed by atoms with van der Waals surface area (Å²) in [7, 11) is 5.24. The number of hydrogen-bond acceptors (Lipinski definition) is 16. The zero-order valence-corrected chi connectivity index (χ0v) is 37.9. The van der Waals surface area contributed by atoms with E-state index in [2.05, 4.69) is 0 Å². The zero-order chi connectivity index (χ0) is 44.7. The average molecular weight is 846 g/mol. The third-order valence-corrected chi connectivity index (χ3v) is 13.0. The van der Waals surface area contributed by atoms with Gasteiger partial charge in [-0.05, 0) is 68.5 Å². The third-order valence-electron chi connectivity index (χ3n) is 13.0. The lowest BCUT2D eigenvalue weighted by Gasteiger charge is -2.49. The predicted octanol–water partition coefficient (Wildman–Crippen LogP) is 3.56. The molecule has 3 aliphatic heterocycles. The molecule has 0 spiro atoms. The van der Waals surface area contributed by atoms with Crippen molar-refractivity contribution >= 4 is 23.7 Å². The lowest BCUT2D eigenvalue weighted by Crippen LogP contribution is -2.60. The molecule has 3 aliphatic rings. The van der Waals surface area contributed by atoms with E-state index in [1.54, 1.807) is 55.4 Å². The van der Waals surface area contributed by atoms with Crippen LogP contribution in [0.2, 0.25) is 0 Å². The Morgan fingerprint density at radius 1 is 0.864 bits per heavy atom. The highest BCUT2D eigenvalue weighted by Crippen LogP contribution is 2.40. The number of Topliss-reactive ketones (excluding diaryl/α,β-unsaturated/α-hetero) is 1. The number of nitrogens with zero attached hydrogens (tertiary/aromatic N) is 1. The summed E-state index contributed by atoms with van der Waals surface area (Å²) in [6, 6.07) is -0.208. The molecule has 3 N–H and O–H groups in total. The van der Waals surface area contributed by atoms with Gasteiger partial charge in [-0.2, -0.15) is 0 Å². The highest BCUT2D eigenvalue weighted by molar-refractivity contribution is 5.83. The van der Waals surface area contributed by atoms with Crippen molar-refractivity contribution in [2.75, 3.05) is 27.8 Å². The van der Waals surface area contributed by atoms with Crippen LogP contribution in [0.25, 0.3) is 0 Å². The van der Waals surface area contributed by atoms with Crippen molar-refractivity contribution < 1.29 is 72.4 Å². The van der Waals surface area contributed by atoms with Gasteiger partial charge in [0.25, 0.3) is 0 Å². The van der Waals surface area contributed by atoms with Gasteiger partial charge in [-0.3, -0.25) is 19.2 Å². The number of carbonyl (C=O) groups excluding carboxylic acids is 4. The Morgan fingerprint density at radius 3 is 2.07 bits per heavy atom. The fourth-order valence-corrected chi connectivity index (χ4v) is 9.15. The summed E-state index contributed by atoms with van der Waals surface area (Å²) in [4.78, 5) is 55.5. The minimum Gasteiger partial charge on any atom is -0.466 e. The van der Waals surface area contributed by atoms with Crippen LogP contribution < -0.4 is 0 Å². The minimum atomic E-state index is -1.83. The second-order valence-electron chi connectivity index (χ2n) is 17.9. The molecule has 3 heterocycles. The quantitative estimate of drug-likeness (QED) is 0.190. The number of aliphatic hydroxyl groups is 3. The van der Waals surface area contributed by atoms with Gasteiger partial charge in [0.15, 0.2) is 18.7 Å². The van der Waals surface area contributed by atoms with Crippen LogP contribution in [0.3, 0.4) is 0 Å². The molecule has 0 aromatic rings. The van der Waals surface area contributed by atoms with E-state index < -0.39 is 120 Å². The predicted molar refractivity (Wildman–Crippen MR) is 215 cm³/mol. The lowest BCUT2D eigenvalue weighted by atomic mass is 9.74. The Labute approximate surface area is 351 Å². The van der Waals surface area contributed by atoms with Crippen LogP contribution in [0.15, 0.2) is 0 Å². The first kappa shape index (κ1) is 51.1. The summed E-state index contributed by atoms with van der Waals surface area (Å²) in [6.45, 7) is 19.0. The van der Waals surface area contributed by atoms with Crippen molar-refractivity contribution in [1.82, 2.24) is 4.90 Å². The maximum Gasteiger partial charge on any atom is 0.311 e. The molecule has 3 fully saturated rings. The summed E-state index contributed by atoms with van der Waals surface area (Å²) in [5.41, 5.74) is -2.89. The maximum atomic E-state index is 14.2. The topological polar surface area (TPSA) is 206 Å². The van der Waals surface area contributed by atoms with Crippen molar-refractivity contribution in [2.24, 2.45) is 29.6 Å². The molecule has 0 saturated carbocycles. The number of cyclic esters (lactones) is 1. The van der Waals surface area contributed by atoms with Crippen LogP contribution in [0.4, 0.5) is 0 Å². The first-order valence-electron chi connectivity index (χ1n) is 21.4. The van der Waals surface area contributed by atoms with Gasteiger partial charge in [-0.15, -0.1) is 0 Å². The number of aliphatic hydroxyl groups excluding tert-OH is 2. The number of ether oxygens (including phenoxy) is 8. The van der Waals surface area contributed by atoms with Crippen LogP contribution in [0.5, 0.6) is 0 Å². The van der Waals surface area contributed by atoms with Gasteiger partial charge in [0.2, 0.25) is 0 Å². The summed E-state index contributed by atoms with van der Waals surface area (Å²) >= 11 is 0. The highest BCUT2D eigenvalue weighted by atomic mass is 16.7. The molecule has 3 saturated heterocycles. The van der Waals surface area contributed by atoms with Crippen LogP contribution >= 0.6 is 0 Å². The van der Waals surface area contributed by atoms with Crippen molar-refractivity contribution in [3.05, 3.63) is 0 Å². The normalized spacial score (nSPS) is 43.1. The van der Waals surface area contributed by atoms with Gasteiger partial charge in [0.05, 0.1) is 67.1 Å². The molecular formula is C43H75NO15. The molecule has 0 bridgehead atoms. The Hall–Kier alpha value is -2.28. The first-order chi connectivity index (χ1) is 27.4. The number of likely N-dealkylation sites (N-methyl/N-ethyl adjacent to an activating group) is 1. The van der Waals surface area contributed by atoms with Crippen molar-refractivity contribution in [3.8, 4) is 0 Å². The summed E-state index contributed by atoms with van der Waals surface area (Å²) in [5, 5.41) is 35.1. The van der Waals surface area contributed by atoms with Gasteiger partial charge in [0, 0.05) is 49.7 Å². The molecule has 16 nitrogen and oxygen atoms in total. The van der Waals surface area contributed by atoms with Crippen LogP contribution in [0.1, 0.15) is 115 Å². The fourth-order valence-electron chi connectivity index (χ4n) is 9.15. The molecule has 0 amide bonds. The molecule has 59 heavy (non-hydrogen) atoms. The van der Waals surface area contributed by atoms with Crippen molar-refractivity contribution in [1.29, 1.82) is 0 Å². The smallest absolute Gasteiger partial charge is 0.311 e. The monoisotopic (exact) mass is 846 g/mol. The first-order valence-corrected chi connectivity index (χ1v) is 21.4. The van der Waals surface area contributed by atoms with E-state index in [1.165, 1.54) is 14.0 Å². The SMILES string of the molecule is CCOC(=O)CCC(=O)O[C@H]1C[C@H](N(C)C)[C@H](C)O[C@H]1O[C@@H]1[C@@H](C)[C@H](O[C@H]2C[C@](C)(OC)[C@H](O)[C@@H](C)O2)[C@@H](C)C(=O)O[C@H](CC)[C@H](C)[C@H](O)[C@@H](C)C(=O)[C@H](C)C[C@@]1(C)O. The number of hydrogen-bond donors (Lipinski definition) is 3. The molecule has 16 heteroatoms. The molecule has 0 unspecified atom stereocenters. The molecule has 342 valence electrons. The van der Waals surface area contributed by atoms with E-state index in [0.29, 0.717) is 6.42 Å². The van der Waals surface area contributed by atoms with Crippen molar-refractivity contribution in [3.63, 3.8) is 0 Å². The fraction of sp³-hybridized carbons (Fsp3) is 0.907. The molecule has 3 rings (SSSR count). The lowest BCUT2D eigenvalue weighted by molar-refractivity contribution is -0.318. The Morgan fingerprint density at radius 2 is 1.49 bits per heavy atom. The van der Waals surface area contributed by atoms with Gasteiger partial charge >= 0.3 is 17.9 Å². The molecule has 18 atom stereocenters. The van der Waals surface area contributed by atoms with E-state index in [1.807, 2.05) is 32.8 Å². The number of rotatable bonds is 12. The summed E-state index contributed by atoms with van der Waals surface area (Å²) in [6.07, 6.45) is -9.41. The van der Waals surface area contributed by atoms with Gasteiger partial charge in [-0.1, -0.05) is 34.6 Å². The Balaban J connectivity index is 2.17. The van der Waals surface area contributed by atoms with E-state index in [4.69, 9.17) is 37.9 Å². The van der Waals surface area contributed by atoms with Crippen LogP contribution in [-0.4, -0.2) is 150 Å². The minimum absolute atomic E-state index is 0.0884. The zero-order valence-electron chi connectivity index (χ0n) is 37.9. The third kappa shape index (κ3) is 12.7.